The van der Waals surface area contributed by atoms with Crippen molar-refractivity contribution in [3.63, 3.8) is 0 Å². The van der Waals surface area contributed by atoms with Crippen molar-refractivity contribution in [3.05, 3.63) is 6.20 Å². The van der Waals surface area contributed by atoms with Gasteiger partial charge in [0.25, 0.3) is 0 Å². The molecule has 0 saturated heterocycles. The maximum atomic E-state index is 5.37. The number of rotatable bonds is 7. The van der Waals surface area contributed by atoms with Gasteiger partial charge in [-0.25, -0.2) is 5.84 Å². The first-order chi connectivity index (χ1) is 9.24. The lowest BCUT2D eigenvalue weighted by Gasteiger charge is -2.15. The van der Waals surface area contributed by atoms with E-state index in [1.54, 1.807) is 6.20 Å². The summed E-state index contributed by atoms with van der Waals surface area (Å²) in [7, 11) is 0. The van der Waals surface area contributed by atoms with Crippen molar-refractivity contribution in [2.75, 3.05) is 22.2 Å². The van der Waals surface area contributed by atoms with Crippen LogP contribution >= 0.6 is 11.8 Å². The fourth-order valence-corrected chi connectivity index (χ4v) is 2.53. The van der Waals surface area contributed by atoms with Gasteiger partial charge in [-0.3, -0.25) is 10.5 Å². The number of fused-ring (bicyclic) bond motifs is 1. The number of hydrogen-bond acceptors (Lipinski definition) is 7. The predicted octanol–water partition coefficient (Wildman–Crippen LogP) is 1.58. The lowest BCUT2D eigenvalue weighted by Crippen LogP contribution is -2.18. The summed E-state index contributed by atoms with van der Waals surface area (Å²) in [6.07, 6.45) is 2.79. The van der Waals surface area contributed by atoms with Gasteiger partial charge < -0.3 is 5.32 Å². The van der Waals surface area contributed by atoms with Crippen LogP contribution in [0.5, 0.6) is 0 Å². The minimum absolute atomic E-state index is 0.331. The Labute approximate surface area is 116 Å². The van der Waals surface area contributed by atoms with Crippen molar-refractivity contribution >= 4 is 34.6 Å². The Morgan fingerprint density at radius 1 is 1.47 bits per heavy atom. The fourth-order valence-electron chi connectivity index (χ4n) is 1.72. The van der Waals surface area contributed by atoms with E-state index >= 15 is 0 Å². The second-order valence-corrected chi connectivity index (χ2v) is 5.60. The van der Waals surface area contributed by atoms with Gasteiger partial charge in [0, 0.05) is 6.04 Å². The van der Waals surface area contributed by atoms with Crippen LogP contribution in [0.1, 0.15) is 20.3 Å². The molecule has 8 heteroatoms. The van der Waals surface area contributed by atoms with E-state index < -0.39 is 0 Å². The first-order valence-electron chi connectivity index (χ1n) is 6.26. The number of nitrogen functional groups attached to an aromatic ring is 1. The molecule has 7 nitrogen and oxygen atoms in total. The lowest BCUT2D eigenvalue weighted by molar-refractivity contribution is 0.767. The molecule has 2 rings (SSSR count). The molecule has 2 aromatic rings. The average molecular weight is 281 g/mol. The van der Waals surface area contributed by atoms with E-state index in [4.69, 9.17) is 5.84 Å². The van der Waals surface area contributed by atoms with Crippen LogP contribution in [-0.2, 0) is 0 Å². The Morgan fingerprint density at radius 3 is 3.05 bits per heavy atom. The second kappa shape index (κ2) is 6.58. The number of nitrogens with two attached hydrogens (primary N) is 1. The van der Waals surface area contributed by atoms with Gasteiger partial charge in [0.2, 0.25) is 5.95 Å². The molecule has 0 aliphatic heterocycles. The quantitative estimate of drug-likeness (QED) is 0.347. The third-order valence-electron chi connectivity index (χ3n) is 2.72. The van der Waals surface area contributed by atoms with Crippen molar-refractivity contribution in [3.8, 4) is 0 Å². The number of H-pyrrole nitrogens is 1. The molecule has 0 bridgehead atoms. The summed E-state index contributed by atoms with van der Waals surface area (Å²) in [4.78, 5) is 8.52. The highest BCUT2D eigenvalue weighted by atomic mass is 32.2. The smallest absolute Gasteiger partial charge is 0.241 e. The number of hydrogen-bond donors (Lipinski definition) is 4. The SMILES string of the molecule is CCSCCC(C)Nc1nc(NN)nc2[nH]ncc12. The summed E-state index contributed by atoms with van der Waals surface area (Å²) >= 11 is 1.94. The number of nitrogens with zero attached hydrogens (tertiary/aromatic N) is 3. The Balaban J connectivity index is 2.12. The Bertz CT molecular complexity index is 527. The van der Waals surface area contributed by atoms with Gasteiger partial charge in [0.05, 0.1) is 11.6 Å². The molecule has 0 aliphatic rings. The van der Waals surface area contributed by atoms with E-state index in [1.807, 2.05) is 11.8 Å². The summed E-state index contributed by atoms with van der Waals surface area (Å²) in [5, 5.41) is 11.1. The molecule has 0 amide bonds. The van der Waals surface area contributed by atoms with Crippen molar-refractivity contribution in [1.29, 1.82) is 0 Å². The Hall–Kier alpha value is -1.54. The number of thioether (sulfide) groups is 1. The number of nitrogens with one attached hydrogen (secondary N) is 3. The monoisotopic (exact) mass is 281 g/mol. The van der Waals surface area contributed by atoms with Crippen molar-refractivity contribution in [2.24, 2.45) is 5.84 Å². The number of aromatic nitrogens is 4. The molecule has 0 spiro atoms. The van der Waals surface area contributed by atoms with Crippen LogP contribution in [-0.4, -0.2) is 37.7 Å². The Kier molecular flexibility index (Phi) is 4.80. The molecule has 0 aliphatic carbocycles. The van der Waals surface area contributed by atoms with E-state index in [9.17, 15) is 0 Å². The van der Waals surface area contributed by atoms with Crippen molar-refractivity contribution in [1.82, 2.24) is 20.2 Å². The summed E-state index contributed by atoms with van der Waals surface area (Å²) in [6, 6.07) is 0.331. The van der Waals surface area contributed by atoms with Crippen molar-refractivity contribution < 1.29 is 0 Å². The molecule has 5 N–H and O–H groups in total. The van der Waals surface area contributed by atoms with Gasteiger partial charge in [0.1, 0.15) is 5.82 Å². The van der Waals surface area contributed by atoms with Crippen LogP contribution in [0.3, 0.4) is 0 Å². The van der Waals surface area contributed by atoms with Gasteiger partial charge in [-0.15, -0.1) is 0 Å². The highest BCUT2D eigenvalue weighted by Gasteiger charge is 2.11. The molecule has 2 heterocycles. The standard InChI is InChI=1S/C11H19N7S/c1-3-19-5-4-7(2)14-9-8-6-13-18-10(8)16-11(15-9)17-12/h6-7H,3-5,12H2,1-2H3,(H3,13,14,15,16,17,18). The highest BCUT2D eigenvalue weighted by Crippen LogP contribution is 2.21. The van der Waals surface area contributed by atoms with Crippen LogP contribution in [0.2, 0.25) is 0 Å². The highest BCUT2D eigenvalue weighted by molar-refractivity contribution is 7.99. The van der Waals surface area contributed by atoms with Gasteiger partial charge in [0.15, 0.2) is 5.65 Å². The fraction of sp³-hybridized carbons (Fsp3) is 0.545. The molecule has 1 unspecified atom stereocenters. The molecular weight excluding hydrogens is 262 g/mol. The largest absolute Gasteiger partial charge is 0.367 e. The van der Waals surface area contributed by atoms with E-state index in [1.165, 1.54) is 0 Å². The van der Waals surface area contributed by atoms with Gasteiger partial charge in [-0.2, -0.15) is 26.8 Å². The van der Waals surface area contributed by atoms with Crippen LogP contribution in [0.15, 0.2) is 6.20 Å². The van der Waals surface area contributed by atoms with Crippen LogP contribution in [0.25, 0.3) is 11.0 Å². The minimum Gasteiger partial charge on any atom is -0.367 e. The molecule has 2 aromatic heterocycles. The molecule has 0 fully saturated rings. The summed E-state index contributed by atoms with van der Waals surface area (Å²) in [5.74, 6) is 8.77. The molecule has 0 aromatic carbocycles. The van der Waals surface area contributed by atoms with E-state index in [-0.39, 0.29) is 0 Å². The second-order valence-electron chi connectivity index (χ2n) is 4.20. The summed E-state index contributed by atoms with van der Waals surface area (Å²) < 4.78 is 0. The number of anilines is 2. The van der Waals surface area contributed by atoms with Crippen LogP contribution in [0, 0.1) is 0 Å². The zero-order valence-electron chi connectivity index (χ0n) is 11.1. The third-order valence-corrected chi connectivity index (χ3v) is 3.65. The number of hydrazine groups is 1. The van der Waals surface area contributed by atoms with Gasteiger partial charge >= 0.3 is 0 Å². The molecule has 104 valence electrons. The maximum absolute atomic E-state index is 5.37. The van der Waals surface area contributed by atoms with E-state index in [0.29, 0.717) is 17.6 Å². The van der Waals surface area contributed by atoms with Gasteiger partial charge in [-0.1, -0.05) is 6.92 Å². The molecule has 1 atom stereocenters. The zero-order chi connectivity index (χ0) is 13.7. The number of aromatic amines is 1. The Morgan fingerprint density at radius 2 is 2.32 bits per heavy atom. The zero-order valence-corrected chi connectivity index (χ0v) is 11.9. The average Bonchev–Trinajstić information content (AvgIpc) is 2.87. The summed E-state index contributed by atoms with van der Waals surface area (Å²) in [6.45, 7) is 4.31. The molecular formula is C11H19N7S. The summed E-state index contributed by atoms with van der Waals surface area (Å²) in [5.41, 5.74) is 3.13. The van der Waals surface area contributed by atoms with Crippen molar-refractivity contribution in [2.45, 2.75) is 26.3 Å². The first-order valence-corrected chi connectivity index (χ1v) is 7.42. The predicted molar refractivity (Wildman–Crippen MR) is 80.2 cm³/mol. The first kappa shape index (κ1) is 13.9. The van der Waals surface area contributed by atoms with E-state index in [2.05, 4.69) is 44.8 Å². The minimum atomic E-state index is 0.331. The van der Waals surface area contributed by atoms with Crippen LogP contribution in [0.4, 0.5) is 11.8 Å². The molecule has 0 radical (unpaired) electrons. The molecule has 19 heavy (non-hydrogen) atoms. The van der Waals surface area contributed by atoms with Gasteiger partial charge in [-0.05, 0) is 24.9 Å². The molecule has 0 saturated carbocycles. The lowest BCUT2D eigenvalue weighted by atomic mass is 10.2. The normalized spacial score (nSPS) is 12.6. The maximum Gasteiger partial charge on any atom is 0.241 e. The van der Waals surface area contributed by atoms with Crippen LogP contribution < -0.4 is 16.6 Å². The van der Waals surface area contributed by atoms with E-state index in [0.717, 1.165) is 29.1 Å². The topological polar surface area (TPSA) is 105 Å². The third kappa shape index (κ3) is 3.48.